The number of ketones is 1. The Balaban J connectivity index is 1.56. The topological polar surface area (TPSA) is 202 Å². The van der Waals surface area contributed by atoms with Crippen LogP contribution in [-0.2, 0) is 57.2 Å². The molecule has 0 bridgehead atoms. The van der Waals surface area contributed by atoms with Gasteiger partial charge in [-0.15, -0.1) is 0 Å². The van der Waals surface area contributed by atoms with Gasteiger partial charge in [0.15, 0.2) is 11.4 Å². The molecule has 2 saturated heterocycles. The molecular weight excluding hydrogens is 656 g/mol. The van der Waals surface area contributed by atoms with Crippen LogP contribution in [0.1, 0.15) is 68.7 Å². The van der Waals surface area contributed by atoms with Gasteiger partial charge in [0.25, 0.3) is 0 Å². The lowest BCUT2D eigenvalue weighted by Gasteiger charge is -2.61. The molecule has 16 atom stereocenters. The van der Waals surface area contributed by atoms with E-state index in [1.165, 1.54) is 34.6 Å². The van der Waals surface area contributed by atoms with Crippen molar-refractivity contribution in [3.63, 3.8) is 0 Å². The summed E-state index contributed by atoms with van der Waals surface area (Å²) in [6, 6.07) is 0. The molecule has 2 aliphatic heterocycles. The number of hydrogen-bond donors (Lipinski definition) is 2. The summed E-state index contributed by atoms with van der Waals surface area (Å²) in [4.78, 5) is 79.6. The number of carbonyl (C=O) groups is 6. The van der Waals surface area contributed by atoms with Gasteiger partial charge >= 0.3 is 29.8 Å². The summed E-state index contributed by atoms with van der Waals surface area (Å²) >= 11 is 0. The van der Waals surface area contributed by atoms with Gasteiger partial charge in [-0.2, -0.15) is 0 Å². The lowest BCUT2D eigenvalue weighted by atomic mass is 9.44. The van der Waals surface area contributed by atoms with Gasteiger partial charge < -0.3 is 38.6 Å². The van der Waals surface area contributed by atoms with Gasteiger partial charge in [0, 0.05) is 62.2 Å². The molecule has 0 aromatic heterocycles. The summed E-state index contributed by atoms with van der Waals surface area (Å²) in [5, 5.41) is 24.1. The Morgan fingerprint density at radius 2 is 1.34 bits per heavy atom. The fourth-order valence-corrected chi connectivity index (χ4v) is 11.6. The Hall–Kier alpha value is -3.78. The van der Waals surface area contributed by atoms with E-state index in [-0.39, 0.29) is 17.8 Å². The van der Waals surface area contributed by atoms with E-state index in [9.17, 15) is 39.0 Å². The zero-order chi connectivity index (χ0) is 36.8. The molecule has 0 aromatic carbocycles. The fraction of sp³-hybridized carbons (Fsp3) is 0.722. The van der Waals surface area contributed by atoms with Crippen molar-refractivity contribution in [2.75, 3.05) is 0 Å². The third-order valence-electron chi connectivity index (χ3n) is 13.6. The Morgan fingerprint density at radius 1 is 0.800 bits per heavy atom. The van der Waals surface area contributed by atoms with E-state index in [1.54, 1.807) is 26.8 Å². The average molecular weight is 701 g/mol. The minimum absolute atomic E-state index is 0.102. The summed E-state index contributed by atoms with van der Waals surface area (Å²) in [6.45, 7) is 13.2. The van der Waals surface area contributed by atoms with Crippen LogP contribution in [-0.4, -0.2) is 88.1 Å². The van der Waals surface area contributed by atoms with Crippen LogP contribution in [0.15, 0.2) is 23.2 Å². The fourth-order valence-electron chi connectivity index (χ4n) is 11.6. The molecule has 272 valence electrons. The van der Waals surface area contributed by atoms with E-state index in [4.69, 9.17) is 28.4 Å². The third kappa shape index (κ3) is 4.14. The number of epoxide rings is 1. The van der Waals surface area contributed by atoms with Gasteiger partial charge in [0.2, 0.25) is 5.78 Å². The predicted molar refractivity (Wildman–Crippen MR) is 166 cm³/mol. The van der Waals surface area contributed by atoms with Gasteiger partial charge in [0.05, 0.1) is 11.5 Å². The van der Waals surface area contributed by atoms with E-state index < -0.39 is 135 Å². The first kappa shape index (κ1) is 34.7. The summed E-state index contributed by atoms with van der Waals surface area (Å²) < 4.78 is 36.1. The van der Waals surface area contributed by atoms with Crippen molar-refractivity contribution >= 4 is 35.6 Å². The Labute approximate surface area is 288 Å². The maximum absolute atomic E-state index is 14.5. The van der Waals surface area contributed by atoms with Crippen LogP contribution in [0.3, 0.4) is 0 Å². The monoisotopic (exact) mass is 700 g/mol. The molecular formula is C36H44O14. The highest BCUT2D eigenvalue weighted by Gasteiger charge is 2.82. The zero-order valence-electron chi connectivity index (χ0n) is 29.5. The molecule has 14 nitrogen and oxygen atoms in total. The second-order valence-electron chi connectivity index (χ2n) is 16.1. The third-order valence-corrected chi connectivity index (χ3v) is 13.6. The van der Waals surface area contributed by atoms with Gasteiger partial charge in [-0.25, -0.2) is 4.79 Å². The lowest BCUT2D eigenvalue weighted by molar-refractivity contribution is -0.224. The smallest absolute Gasteiger partial charge is 0.343 e. The van der Waals surface area contributed by atoms with Gasteiger partial charge in [-0.3, -0.25) is 24.0 Å². The van der Waals surface area contributed by atoms with E-state index in [0.717, 1.165) is 0 Å². The van der Waals surface area contributed by atoms with Gasteiger partial charge in [-0.1, -0.05) is 20.8 Å². The number of carbonyl (C=O) groups excluding carboxylic acids is 6. The predicted octanol–water partition coefficient (Wildman–Crippen LogP) is 2.25. The summed E-state index contributed by atoms with van der Waals surface area (Å²) in [6.07, 6.45) is -4.00. The first-order chi connectivity index (χ1) is 23.1. The highest BCUT2D eigenvalue weighted by Crippen LogP contribution is 2.75. The summed E-state index contributed by atoms with van der Waals surface area (Å²) in [5.41, 5.74) is -6.28. The highest BCUT2D eigenvalue weighted by atomic mass is 16.6. The van der Waals surface area contributed by atoms with Crippen LogP contribution in [0.4, 0.5) is 0 Å². The molecule has 0 amide bonds. The van der Waals surface area contributed by atoms with Crippen molar-refractivity contribution in [1.29, 1.82) is 0 Å². The Bertz CT molecular complexity index is 1690. The number of rotatable bonds is 4. The van der Waals surface area contributed by atoms with Crippen LogP contribution >= 0.6 is 0 Å². The van der Waals surface area contributed by atoms with Crippen LogP contribution in [0, 0.1) is 51.8 Å². The number of hydrogen-bond acceptors (Lipinski definition) is 14. The summed E-state index contributed by atoms with van der Waals surface area (Å²) in [5.74, 6) is -10.1. The molecule has 0 radical (unpaired) electrons. The van der Waals surface area contributed by atoms with Crippen LogP contribution < -0.4 is 0 Å². The molecule has 14 heteroatoms. The zero-order valence-corrected chi connectivity index (χ0v) is 29.5. The van der Waals surface area contributed by atoms with E-state index in [0.29, 0.717) is 0 Å². The number of aliphatic hydroxyl groups excluding tert-OH is 1. The standard InChI is InChI=1S/C36H44O14/c1-12-10-19-35(8,36(9,44)32(43)50-19)24-21(12)34(7)22(28(24)45-13(2)37)20-23(29(46-14(3)38)31(34)48-16(5)40)33(6)17(25(41)26(20)42)11-18-27(49-18)30(33)47-15(4)39/h10,12,17-18,21-24,27-31,42,44H,11H2,1-9H3/t12-,17-,18+,21+,22-,23-,24+,27+,28-,29+,30+,31+,33+,34-,35+,36-/m1/s1. The quantitative estimate of drug-likeness (QED) is 0.246. The number of Topliss-reactive ketones (excluding diaryl/α,β-unsaturated/α-hetero) is 1. The molecule has 50 heavy (non-hydrogen) atoms. The first-order valence-electron chi connectivity index (χ1n) is 17.1. The van der Waals surface area contributed by atoms with Crippen molar-refractivity contribution in [2.45, 2.75) is 111 Å². The lowest BCUT2D eigenvalue weighted by Crippen LogP contribution is -2.69. The summed E-state index contributed by atoms with van der Waals surface area (Å²) in [7, 11) is 0. The second kappa shape index (κ2) is 10.6. The van der Waals surface area contributed by atoms with Crippen molar-refractivity contribution < 1.29 is 67.4 Å². The largest absolute Gasteiger partial charge is 0.504 e. The normalized spacial score (nSPS) is 49.4. The molecule has 7 rings (SSSR count). The molecule has 5 fully saturated rings. The van der Waals surface area contributed by atoms with Crippen LogP contribution in [0.25, 0.3) is 0 Å². The van der Waals surface area contributed by atoms with Crippen molar-refractivity contribution in [2.24, 2.45) is 51.8 Å². The Morgan fingerprint density at radius 3 is 1.92 bits per heavy atom. The van der Waals surface area contributed by atoms with Crippen LogP contribution in [0.2, 0.25) is 0 Å². The first-order valence-corrected chi connectivity index (χ1v) is 17.1. The molecule has 2 heterocycles. The number of fused-ring (bicyclic) bond motifs is 10. The maximum Gasteiger partial charge on any atom is 0.343 e. The molecule has 7 aliphatic rings. The van der Waals surface area contributed by atoms with Gasteiger partial charge in [0.1, 0.15) is 36.3 Å². The molecule has 0 aromatic rings. The van der Waals surface area contributed by atoms with Gasteiger partial charge in [-0.05, 0) is 43.8 Å². The van der Waals surface area contributed by atoms with E-state index in [1.807, 2.05) is 6.92 Å². The van der Waals surface area contributed by atoms with Crippen molar-refractivity contribution in [1.82, 2.24) is 0 Å². The molecule has 2 N–H and O–H groups in total. The van der Waals surface area contributed by atoms with E-state index in [2.05, 4.69) is 0 Å². The minimum atomic E-state index is -2.12. The van der Waals surface area contributed by atoms with Crippen LogP contribution in [0.5, 0.6) is 0 Å². The molecule has 0 spiro atoms. The minimum Gasteiger partial charge on any atom is -0.504 e. The second-order valence-corrected chi connectivity index (χ2v) is 16.1. The number of esters is 5. The Kier molecular flexibility index (Phi) is 7.37. The highest BCUT2D eigenvalue weighted by molar-refractivity contribution is 5.98. The van der Waals surface area contributed by atoms with Crippen molar-refractivity contribution in [3.05, 3.63) is 23.2 Å². The molecule has 0 unspecified atom stereocenters. The number of ether oxygens (including phenoxy) is 6. The number of allylic oxidation sites excluding steroid dienone is 2. The number of aliphatic hydroxyl groups is 2. The van der Waals surface area contributed by atoms with E-state index >= 15 is 0 Å². The SMILES string of the molecule is CC(=O)O[C@H]1[C@@H]2[C@H]([C@H](C)C=C3OC(=O)[C@@](C)(O)[C@@]32C)[C@]2(C)[C@@H]1C1=C(O)C(=O)[C@H]3C[C@@H]4O[C@@H]4[C@H](OC(C)=O)[C@]3(C)[C@H]1[C@H](OC(C)=O)[C@@H]2OC(C)=O. The maximum atomic E-state index is 14.5. The molecule has 5 aliphatic carbocycles. The molecule has 3 saturated carbocycles. The van der Waals surface area contributed by atoms with Crippen molar-refractivity contribution in [3.8, 4) is 0 Å². The average Bonchev–Trinajstić information content (AvgIpc) is 3.68.